The van der Waals surface area contributed by atoms with Gasteiger partial charge in [-0.15, -0.1) is 0 Å². The fourth-order valence-electron chi connectivity index (χ4n) is 2.29. The first-order valence-electron chi connectivity index (χ1n) is 6.53. The van der Waals surface area contributed by atoms with Crippen LogP contribution in [0.4, 0.5) is 0 Å². The minimum Gasteiger partial charge on any atom is -0.481 e. The third-order valence-corrected chi connectivity index (χ3v) is 3.36. The van der Waals surface area contributed by atoms with Crippen molar-refractivity contribution >= 4 is 11.9 Å². The van der Waals surface area contributed by atoms with Crippen LogP contribution in [-0.4, -0.2) is 64.5 Å². The number of carboxylic acid groups (broad SMARTS) is 1. The molecule has 0 saturated carbocycles. The van der Waals surface area contributed by atoms with Crippen LogP contribution in [0, 0.1) is 0 Å². The van der Waals surface area contributed by atoms with E-state index in [2.05, 4.69) is 9.88 Å². The average Bonchev–Trinajstić information content (AvgIpc) is 2.81. The van der Waals surface area contributed by atoms with E-state index in [1.54, 1.807) is 18.5 Å². The lowest BCUT2D eigenvalue weighted by Crippen LogP contribution is -2.35. The molecule has 0 unspecified atom stereocenters. The number of H-pyrrole nitrogens is 1. The number of aromatic amines is 1. The summed E-state index contributed by atoms with van der Waals surface area (Å²) >= 11 is 0. The van der Waals surface area contributed by atoms with Crippen LogP contribution >= 0.6 is 0 Å². The molecule has 1 saturated heterocycles. The Morgan fingerprint density at radius 3 is 2.79 bits per heavy atom. The van der Waals surface area contributed by atoms with Crippen LogP contribution < -0.4 is 0 Å². The highest BCUT2D eigenvalue weighted by Gasteiger charge is 2.20. The summed E-state index contributed by atoms with van der Waals surface area (Å²) in [4.78, 5) is 29.6. The first kappa shape index (κ1) is 13.6. The minimum atomic E-state index is -0.774. The molecule has 1 aliphatic rings. The summed E-state index contributed by atoms with van der Waals surface area (Å²) in [5, 5.41) is 8.68. The quantitative estimate of drug-likeness (QED) is 0.837. The number of carbonyl (C=O) groups excluding carboxylic acids is 1. The first-order valence-corrected chi connectivity index (χ1v) is 6.53. The molecule has 1 aromatic rings. The van der Waals surface area contributed by atoms with Crippen molar-refractivity contribution in [1.82, 2.24) is 14.8 Å². The van der Waals surface area contributed by atoms with Gasteiger partial charge in [0.2, 0.25) is 0 Å². The van der Waals surface area contributed by atoms with Gasteiger partial charge in [-0.3, -0.25) is 9.59 Å². The van der Waals surface area contributed by atoms with E-state index in [4.69, 9.17) is 5.11 Å². The Hall–Kier alpha value is -1.82. The highest BCUT2D eigenvalue weighted by Crippen LogP contribution is 2.09. The molecule has 2 heterocycles. The number of hydrogen-bond acceptors (Lipinski definition) is 3. The lowest BCUT2D eigenvalue weighted by atomic mass is 10.3. The topological polar surface area (TPSA) is 76.6 Å². The predicted molar refractivity (Wildman–Crippen MR) is 70.0 cm³/mol. The van der Waals surface area contributed by atoms with Gasteiger partial charge in [-0.2, -0.15) is 0 Å². The molecule has 2 N–H and O–H groups in total. The fourth-order valence-corrected chi connectivity index (χ4v) is 2.29. The Bertz CT molecular complexity index is 430. The summed E-state index contributed by atoms with van der Waals surface area (Å²) in [5.41, 5.74) is 0.680. The van der Waals surface area contributed by atoms with Gasteiger partial charge >= 0.3 is 5.97 Å². The summed E-state index contributed by atoms with van der Waals surface area (Å²) in [6, 6.07) is 1.77. The van der Waals surface area contributed by atoms with Crippen LogP contribution in [0.2, 0.25) is 0 Å². The average molecular weight is 265 g/mol. The van der Waals surface area contributed by atoms with Gasteiger partial charge in [0.05, 0.1) is 12.0 Å². The third kappa shape index (κ3) is 3.82. The second-order valence-corrected chi connectivity index (χ2v) is 4.73. The largest absolute Gasteiger partial charge is 0.481 e. The van der Waals surface area contributed by atoms with Crippen molar-refractivity contribution in [3.05, 3.63) is 24.0 Å². The van der Waals surface area contributed by atoms with E-state index in [1.807, 2.05) is 4.90 Å². The minimum absolute atomic E-state index is 0.0429. The van der Waals surface area contributed by atoms with E-state index >= 15 is 0 Å². The molecule has 1 aliphatic heterocycles. The summed E-state index contributed by atoms with van der Waals surface area (Å²) in [5.74, 6) is -0.731. The Kier molecular flexibility index (Phi) is 4.57. The van der Waals surface area contributed by atoms with Crippen LogP contribution in [0.3, 0.4) is 0 Å². The van der Waals surface area contributed by atoms with Gasteiger partial charge in [0, 0.05) is 38.6 Å². The number of nitrogens with one attached hydrogen (secondary N) is 1. The van der Waals surface area contributed by atoms with E-state index < -0.39 is 5.97 Å². The van der Waals surface area contributed by atoms with Crippen molar-refractivity contribution in [2.45, 2.75) is 12.8 Å². The molecule has 1 fully saturated rings. The standard InChI is InChI=1S/C13H19N3O3/c17-12(18)3-7-15-5-1-6-16(9-8-15)13(19)11-2-4-14-10-11/h2,4,10,14H,1,3,5-9H2,(H,17,18). The summed E-state index contributed by atoms with van der Waals surface area (Å²) < 4.78 is 0. The Morgan fingerprint density at radius 1 is 1.26 bits per heavy atom. The van der Waals surface area contributed by atoms with E-state index in [9.17, 15) is 9.59 Å². The molecule has 0 aliphatic carbocycles. The monoisotopic (exact) mass is 265 g/mol. The van der Waals surface area contributed by atoms with E-state index in [0.29, 0.717) is 18.7 Å². The van der Waals surface area contributed by atoms with Gasteiger partial charge < -0.3 is 19.9 Å². The van der Waals surface area contributed by atoms with Crippen LogP contribution in [0.5, 0.6) is 0 Å². The molecular weight excluding hydrogens is 246 g/mol. The SMILES string of the molecule is O=C(O)CCN1CCCN(C(=O)c2cc[nH]c2)CC1. The smallest absolute Gasteiger partial charge is 0.304 e. The lowest BCUT2D eigenvalue weighted by molar-refractivity contribution is -0.137. The number of carbonyl (C=O) groups is 2. The van der Waals surface area contributed by atoms with Gasteiger partial charge in [0.25, 0.3) is 5.91 Å². The lowest BCUT2D eigenvalue weighted by Gasteiger charge is -2.21. The maximum atomic E-state index is 12.2. The van der Waals surface area contributed by atoms with E-state index in [1.165, 1.54) is 0 Å². The summed E-state index contributed by atoms with van der Waals surface area (Å²) in [7, 11) is 0. The van der Waals surface area contributed by atoms with Crippen molar-refractivity contribution in [3.63, 3.8) is 0 Å². The molecule has 0 atom stereocenters. The molecule has 2 rings (SSSR count). The summed E-state index contributed by atoms with van der Waals surface area (Å²) in [6.07, 6.45) is 4.49. The number of aliphatic carboxylic acids is 1. The predicted octanol–water partition coefficient (Wildman–Crippen LogP) is 0.637. The Labute approximate surface area is 112 Å². The number of hydrogen-bond donors (Lipinski definition) is 2. The molecule has 6 nitrogen and oxygen atoms in total. The number of amides is 1. The molecule has 19 heavy (non-hydrogen) atoms. The van der Waals surface area contributed by atoms with Crippen LogP contribution in [-0.2, 0) is 4.79 Å². The number of nitrogens with zero attached hydrogens (tertiary/aromatic N) is 2. The molecule has 0 radical (unpaired) electrons. The highest BCUT2D eigenvalue weighted by molar-refractivity contribution is 5.94. The van der Waals surface area contributed by atoms with Crippen molar-refractivity contribution < 1.29 is 14.7 Å². The summed E-state index contributed by atoms with van der Waals surface area (Å²) in [6.45, 7) is 3.53. The van der Waals surface area contributed by atoms with Crippen LogP contribution in [0.25, 0.3) is 0 Å². The van der Waals surface area contributed by atoms with Crippen molar-refractivity contribution in [3.8, 4) is 0 Å². The molecule has 0 aromatic carbocycles. The molecule has 0 spiro atoms. The highest BCUT2D eigenvalue weighted by atomic mass is 16.4. The van der Waals surface area contributed by atoms with Crippen molar-refractivity contribution in [2.24, 2.45) is 0 Å². The second-order valence-electron chi connectivity index (χ2n) is 4.73. The number of rotatable bonds is 4. The molecule has 1 aromatic heterocycles. The maximum absolute atomic E-state index is 12.2. The normalized spacial score (nSPS) is 17.2. The molecular formula is C13H19N3O3. The molecule has 0 bridgehead atoms. The zero-order chi connectivity index (χ0) is 13.7. The molecule has 6 heteroatoms. The van der Waals surface area contributed by atoms with Crippen LogP contribution in [0.15, 0.2) is 18.5 Å². The maximum Gasteiger partial charge on any atom is 0.304 e. The first-order chi connectivity index (χ1) is 9.16. The van der Waals surface area contributed by atoms with Gasteiger partial charge in [0.15, 0.2) is 0 Å². The van der Waals surface area contributed by atoms with Crippen molar-refractivity contribution in [2.75, 3.05) is 32.7 Å². The zero-order valence-corrected chi connectivity index (χ0v) is 10.8. The van der Waals surface area contributed by atoms with Gasteiger partial charge in [-0.05, 0) is 19.0 Å². The van der Waals surface area contributed by atoms with Gasteiger partial charge in [-0.1, -0.05) is 0 Å². The third-order valence-electron chi connectivity index (χ3n) is 3.36. The number of aromatic nitrogens is 1. The Balaban J connectivity index is 1.86. The number of carboxylic acids is 1. The van der Waals surface area contributed by atoms with Crippen LogP contribution in [0.1, 0.15) is 23.2 Å². The van der Waals surface area contributed by atoms with E-state index in [-0.39, 0.29) is 12.3 Å². The van der Waals surface area contributed by atoms with E-state index in [0.717, 1.165) is 26.1 Å². The molecule has 1 amide bonds. The zero-order valence-electron chi connectivity index (χ0n) is 10.8. The molecule has 104 valence electrons. The Morgan fingerprint density at radius 2 is 2.11 bits per heavy atom. The van der Waals surface area contributed by atoms with Gasteiger partial charge in [0.1, 0.15) is 0 Å². The van der Waals surface area contributed by atoms with Crippen molar-refractivity contribution in [1.29, 1.82) is 0 Å². The van der Waals surface area contributed by atoms with Gasteiger partial charge in [-0.25, -0.2) is 0 Å². The fraction of sp³-hybridized carbons (Fsp3) is 0.538. The second kappa shape index (κ2) is 6.38.